The van der Waals surface area contributed by atoms with Crippen molar-refractivity contribution in [3.05, 3.63) is 0 Å². The van der Waals surface area contributed by atoms with E-state index in [2.05, 4.69) is 30.6 Å². The van der Waals surface area contributed by atoms with Gasteiger partial charge in [-0.3, -0.25) is 9.59 Å². The number of carbonyl (C=O) groups excluding carboxylic acids is 2. The zero-order valence-corrected chi connectivity index (χ0v) is 20.8. The van der Waals surface area contributed by atoms with Crippen LogP contribution in [0.3, 0.4) is 0 Å². The standard InChI is InChI=1S/C27H46N2O2/c1-6-8-9-18-29(24(30)7-2)23-13-11-20-19-10-12-22-26(3,17-15-25(31)28(22)5)21(19)14-16-27(20,23)4/h19-23H,6-18H2,1-5H3/t19-,20-,21-,22+,23-,26+,27-/m0/s1. The summed E-state index contributed by atoms with van der Waals surface area (Å²) in [6, 6.07) is 0.868. The summed E-state index contributed by atoms with van der Waals surface area (Å²) in [5.41, 5.74) is 0.558. The molecule has 4 aliphatic rings. The van der Waals surface area contributed by atoms with Crippen LogP contribution in [0.5, 0.6) is 0 Å². The molecule has 31 heavy (non-hydrogen) atoms. The third-order valence-electron chi connectivity index (χ3n) is 10.5. The van der Waals surface area contributed by atoms with Crippen molar-refractivity contribution >= 4 is 11.8 Å². The fourth-order valence-electron chi connectivity index (χ4n) is 8.82. The van der Waals surface area contributed by atoms with Crippen molar-refractivity contribution in [1.82, 2.24) is 9.80 Å². The molecule has 0 radical (unpaired) electrons. The summed E-state index contributed by atoms with van der Waals surface area (Å²) in [5.74, 6) is 2.99. The van der Waals surface area contributed by atoms with E-state index in [1.165, 1.54) is 51.4 Å². The van der Waals surface area contributed by atoms with Crippen LogP contribution in [0.4, 0.5) is 0 Å². The lowest BCUT2D eigenvalue weighted by molar-refractivity contribution is -0.159. The summed E-state index contributed by atoms with van der Waals surface area (Å²) >= 11 is 0. The first kappa shape index (κ1) is 23.1. The number of likely N-dealkylation sites (tertiary alicyclic amines) is 1. The maximum absolute atomic E-state index is 13.0. The van der Waals surface area contributed by atoms with Crippen LogP contribution < -0.4 is 0 Å². The minimum atomic E-state index is 0.276. The van der Waals surface area contributed by atoms with Crippen LogP contribution in [0.1, 0.15) is 105 Å². The minimum absolute atomic E-state index is 0.276. The van der Waals surface area contributed by atoms with Crippen molar-refractivity contribution in [3.63, 3.8) is 0 Å². The van der Waals surface area contributed by atoms with Gasteiger partial charge in [-0.25, -0.2) is 0 Å². The summed E-state index contributed by atoms with van der Waals surface area (Å²) < 4.78 is 0. The van der Waals surface area contributed by atoms with E-state index in [0.29, 0.717) is 30.3 Å². The molecule has 0 unspecified atom stereocenters. The van der Waals surface area contributed by atoms with Gasteiger partial charge >= 0.3 is 0 Å². The summed E-state index contributed by atoms with van der Waals surface area (Å²) in [5, 5.41) is 0. The van der Waals surface area contributed by atoms with E-state index >= 15 is 0 Å². The number of hydrogen-bond donors (Lipinski definition) is 0. The maximum Gasteiger partial charge on any atom is 0.222 e. The predicted octanol–water partition coefficient (Wildman–Crippen LogP) is 5.65. The number of piperidine rings is 1. The van der Waals surface area contributed by atoms with Gasteiger partial charge in [0.15, 0.2) is 0 Å². The van der Waals surface area contributed by atoms with Crippen molar-refractivity contribution in [3.8, 4) is 0 Å². The molecule has 176 valence electrons. The number of rotatable bonds is 6. The molecule has 4 heteroatoms. The highest BCUT2D eigenvalue weighted by molar-refractivity contribution is 5.77. The second kappa shape index (κ2) is 8.71. The molecule has 3 aliphatic carbocycles. The second-order valence-electron chi connectivity index (χ2n) is 11.8. The van der Waals surface area contributed by atoms with Crippen LogP contribution in [-0.4, -0.2) is 47.3 Å². The average molecular weight is 431 g/mol. The van der Waals surface area contributed by atoms with E-state index in [0.717, 1.165) is 43.6 Å². The molecular formula is C27H46N2O2. The first-order valence-electron chi connectivity index (χ1n) is 13.3. The molecule has 1 heterocycles. The average Bonchev–Trinajstić information content (AvgIpc) is 3.11. The Hall–Kier alpha value is -1.06. The van der Waals surface area contributed by atoms with Gasteiger partial charge in [-0.05, 0) is 80.0 Å². The fraction of sp³-hybridized carbons (Fsp3) is 0.926. The second-order valence-corrected chi connectivity index (χ2v) is 11.8. The molecule has 0 aromatic heterocycles. The number of carbonyl (C=O) groups is 2. The van der Waals surface area contributed by atoms with Crippen molar-refractivity contribution < 1.29 is 9.59 Å². The molecule has 0 aromatic rings. The number of amides is 2. The van der Waals surface area contributed by atoms with Gasteiger partial charge in [0, 0.05) is 38.5 Å². The van der Waals surface area contributed by atoms with Crippen molar-refractivity contribution in [2.45, 2.75) is 117 Å². The van der Waals surface area contributed by atoms with E-state index in [9.17, 15) is 9.59 Å². The monoisotopic (exact) mass is 430 g/mol. The van der Waals surface area contributed by atoms with E-state index in [1.54, 1.807) is 0 Å². The van der Waals surface area contributed by atoms with Gasteiger partial charge < -0.3 is 9.80 Å². The van der Waals surface area contributed by atoms with Gasteiger partial charge in [-0.15, -0.1) is 0 Å². The van der Waals surface area contributed by atoms with Gasteiger partial charge in [0.05, 0.1) is 0 Å². The molecule has 0 spiro atoms. The summed E-state index contributed by atoms with van der Waals surface area (Å²) in [6.07, 6.45) is 13.5. The Kier molecular flexibility index (Phi) is 6.49. The van der Waals surface area contributed by atoms with Gasteiger partial charge in [0.25, 0.3) is 0 Å². The van der Waals surface area contributed by atoms with Crippen LogP contribution >= 0.6 is 0 Å². The first-order valence-corrected chi connectivity index (χ1v) is 13.3. The predicted molar refractivity (Wildman–Crippen MR) is 125 cm³/mol. The largest absolute Gasteiger partial charge is 0.342 e. The Morgan fingerprint density at radius 3 is 2.45 bits per heavy atom. The highest BCUT2D eigenvalue weighted by Crippen LogP contribution is 2.65. The molecule has 0 bridgehead atoms. The molecule has 0 aromatic carbocycles. The number of hydrogen-bond acceptors (Lipinski definition) is 2. The van der Waals surface area contributed by atoms with Crippen LogP contribution in [0.2, 0.25) is 0 Å². The molecule has 1 saturated heterocycles. The van der Waals surface area contributed by atoms with E-state index in [-0.39, 0.29) is 10.8 Å². The molecule has 4 rings (SSSR count). The molecule has 7 atom stereocenters. The zero-order chi connectivity index (χ0) is 22.4. The van der Waals surface area contributed by atoms with Crippen molar-refractivity contribution in [2.75, 3.05) is 13.6 Å². The minimum Gasteiger partial charge on any atom is -0.342 e. The molecule has 3 saturated carbocycles. The maximum atomic E-state index is 13.0. The third-order valence-corrected chi connectivity index (χ3v) is 10.5. The topological polar surface area (TPSA) is 40.6 Å². The molecule has 0 N–H and O–H groups in total. The van der Waals surface area contributed by atoms with Gasteiger partial charge in [-0.1, -0.05) is 40.5 Å². The van der Waals surface area contributed by atoms with Gasteiger partial charge in [0.1, 0.15) is 0 Å². The Balaban J connectivity index is 1.56. The number of fused-ring (bicyclic) bond motifs is 5. The zero-order valence-electron chi connectivity index (χ0n) is 20.8. The number of nitrogens with zero attached hydrogens (tertiary/aromatic N) is 2. The van der Waals surface area contributed by atoms with E-state index in [4.69, 9.17) is 0 Å². The molecule has 4 fully saturated rings. The lowest BCUT2D eigenvalue weighted by atomic mass is 9.47. The lowest BCUT2D eigenvalue weighted by Gasteiger charge is -2.62. The number of unbranched alkanes of at least 4 members (excludes halogenated alkanes) is 2. The molecule has 2 amide bonds. The van der Waals surface area contributed by atoms with E-state index in [1.807, 2.05) is 14.0 Å². The fourth-order valence-corrected chi connectivity index (χ4v) is 8.82. The summed E-state index contributed by atoms with van der Waals surface area (Å²) in [7, 11) is 2.05. The van der Waals surface area contributed by atoms with Gasteiger partial charge in [0.2, 0.25) is 11.8 Å². The van der Waals surface area contributed by atoms with Crippen molar-refractivity contribution in [1.29, 1.82) is 0 Å². The smallest absolute Gasteiger partial charge is 0.222 e. The normalized spacial score (nSPS) is 42.0. The molecular weight excluding hydrogens is 384 g/mol. The highest BCUT2D eigenvalue weighted by Gasteiger charge is 2.62. The van der Waals surface area contributed by atoms with E-state index < -0.39 is 0 Å². The Morgan fingerprint density at radius 1 is 1.00 bits per heavy atom. The van der Waals surface area contributed by atoms with Crippen LogP contribution in [0.15, 0.2) is 0 Å². The first-order chi connectivity index (χ1) is 14.8. The SMILES string of the molecule is CCCCCN(C(=O)CC)[C@H]1CC[C@H]2[C@@H]3CC[C@H]4N(C)C(=O)CC[C@]4(C)[C@H]3CC[C@]12C. The van der Waals surface area contributed by atoms with Crippen LogP contribution in [0, 0.1) is 28.6 Å². The van der Waals surface area contributed by atoms with Crippen LogP contribution in [0.25, 0.3) is 0 Å². The highest BCUT2D eigenvalue weighted by atomic mass is 16.2. The lowest BCUT2D eigenvalue weighted by Crippen LogP contribution is -2.62. The third kappa shape index (κ3) is 3.64. The Labute approximate surface area is 190 Å². The summed E-state index contributed by atoms with van der Waals surface area (Å²) in [4.78, 5) is 29.8. The van der Waals surface area contributed by atoms with Gasteiger partial charge in [-0.2, -0.15) is 0 Å². The summed E-state index contributed by atoms with van der Waals surface area (Å²) in [6.45, 7) is 10.3. The Morgan fingerprint density at radius 2 is 1.74 bits per heavy atom. The Bertz CT molecular complexity index is 693. The van der Waals surface area contributed by atoms with Crippen LogP contribution in [-0.2, 0) is 9.59 Å². The van der Waals surface area contributed by atoms with Crippen molar-refractivity contribution in [2.24, 2.45) is 28.6 Å². The molecule has 1 aliphatic heterocycles. The molecule has 4 nitrogen and oxygen atoms in total. The quantitative estimate of drug-likeness (QED) is 0.511.